The number of carbonyl (C=O) groups excluding carboxylic acids is 2. The highest BCUT2D eigenvalue weighted by Gasteiger charge is 2.27. The molecular formula is C24H28FN5O2. The van der Waals surface area contributed by atoms with Gasteiger partial charge in [-0.25, -0.2) is 9.37 Å². The molecule has 32 heavy (non-hydrogen) atoms. The molecule has 3 rings (SSSR count). The summed E-state index contributed by atoms with van der Waals surface area (Å²) in [7, 11) is 0. The van der Waals surface area contributed by atoms with Gasteiger partial charge in [0.1, 0.15) is 23.7 Å². The zero-order valence-corrected chi connectivity index (χ0v) is 18.6. The number of piperidine rings is 1. The van der Waals surface area contributed by atoms with Crippen LogP contribution in [0.5, 0.6) is 0 Å². The third kappa shape index (κ3) is 5.82. The molecule has 1 aromatic heterocycles. The Morgan fingerprint density at radius 1 is 1.25 bits per heavy atom. The first kappa shape index (κ1) is 23.2. The minimum Gasteiger partial charge on any atom is -0.355 e. The molecule has 2 aromatic rings. The number of aryl methyl sites for hydroxylation is 2. The topological polar surface area (TPSA) is 98.1 Å². The van der Waals surface area contributed by atoms with Gasteiger partial charge in [-0.1, -0.05) is 12.1 Å². The van der Waals surface area contributed by atoms with Crippen LogP contribution in [0.2, 0.25) is 0 Å². The van der Waals surface area contributed by atoms with Crippen LogP contribution in [0.3, 0.4) is 0 Å². The average Bonchev–Trinajstić information content (AvgIpc) is 2.74. The molecule has 2 N–H and O–H groups in total. The lowest BCUT2D eigenvalue weighted by atomic mass is 10.0. The zero-order valence-electron chi connectivity index (χ0n) is 18.6. The maximum Gasteiger partial charge on any atom is 0.243 e. The first-order chi connectivity index (χ1) is 15.3. The molecule has 0 bridgehead atoms. The largest absolute Gasteiger partial charge is 0.355 e. The molecule has 8 heteroatoms. The molecule has 7 nitrogen and oxygen atoms in total. The summed E-state index contributed by atoms with van der Waals surface area (Å²) in [5.74, 6) is -0.210. The Kier molecular flexibility index (Phi) is 7.41. The maximum atomic E-state index is 13.2. The van der Waals surface area contributed by atoms with Crippen molar-refractivity contribution in [1.82, 2.24) is 15.6 Å². The predicted octanol–water partition coefficient (Wildman–Crippen LogP) is 2.54. The molecule has 1 aliphatic heterocycles. The number of halogens is 1. The molecule has 0 saturated carbocycles. The van der Waals surface area contributed by atoms with Crippen LogP contribution in [0.25, 0.3) is 0 Å². The van der Waals surface area contributed by atoms with Gasteiger partial charge in [0, 0.05) is 38.2 Å². The number of nitrogens with one attached hydrogen (secondary N) is 2. The van der Waals surface area contributed by atoms with Gasteiger partial charge in [0.25, 0.3) is 0 Å². The fourth-order valence-electron chi connectivity index (χ4n) is 4.03. The van der Waals surface area contributed by atoms with Crippen LogP contribution in [-0.4, -0.2) is 42.0 Å². The molecule has 2 amide bonds. The number of benzene rings is 1. The normalized spacial score (nSPS) is 15.0. The minimum absolute atomic E-state index is 0.0420. The number of nitriles is 1. The van der Waals surface area contributed by atoms with Crippen LogP contribution in [0.15, 0.2) is 30.3 Å². The van der Waals surface area contributed by atoms with Gasteiger partial charge < -0.3 is 15.5 Å². The fraction of sp³-hybridized carbons (Fsp3) is 0.417. The van der Waals surface area contributed by atoms with Gasteiger partial charge >= 0.3 is 0 Å². The molecule has 0 aliphatic carbocycles. The van der Waals surface area contributed by atoms with E-state index in [9.17, 15) is 19.2 Å². The third-order valence-corrected chi connectivity index (χ3v) is 5.63. The Morgan fingerprint density at radius 3 is 2.50 bits per heavy atom. The second kappa shape index (κ2) is 10.2. The predicted molar refractivity (Wildman–Crippen MR) is 120 cm³/mol. The molecule has 1 saturated heterocycles. The molecule has 1 aliphatic rings. The smallest absolute Gasteiger partial charge is 0.243 e. The van der Waals surface area contributed by atoms with Crippen LogP contribution >= 0.6 is 0 Å². The summed E-state index contributed by atoms with van der Waals surface area (Å²) in [5.41, 5.74) is 3.12. The molecular weight excluding hydrogens is 409 g/mol. The lowest BCUT2D eigenvalue weighted by Gasteiger charge is -2.34. The van der Waals surface area contributed by atoms with Gasteiger partial charge in [0.2, 0.25) is 11.8 Å². The van der Waals surface area contributed by atoms with Crippen LogP contribution in [-0.2, 0) is 16.0 Å². The average molecular weight is 438 g/mol. The molecule has 1 unspecified atom stereocenters. The number of amides is 2. The number of aromatic nitrogens is 1. The SMILES string of the molecule is CC(=O)NC(Cc1ccc(F)cc1)C(=O)NC1CCN(c2nc(C)cc(C)c2C#N)CC1. The Bertz CT molecular complexity index is 1020. The summed E-state index contributed by atoms with van der Waals surface area (Å²) in [5, 5.41) is 15.3. The standard InChI is InChI=1S/C24H28FN5O2/c1-15-12-16(2)27-23(21(15)14-26)30-10-8-20(9-11-30)29-24(32)22(28-17(3)31)13-18-4-6-19(25)7-5-18/h4-7,12,20,22H,8-11,13H2,1-3H3,(H,28,31)(H,29,32). The van der Waals surface area contributed by atoms with E-state index in [-0.39, 0.29) is 30.1 Å². The molecule has 1 fully saturated rings. The van der Waals surface area contributed by atoms with Crippen molar-refractivity contribution < 1.29 is 14.0 Å². The van der Waals surface area contributed by atoms with Gasteiger partial charge in [-0.15, -0.1) is 0 Å². The summed E-state index contributed by atoms with van der Waals surface area (Å²) < 4.78 is 13.2. The summed E-state index contributed by atoms with van der Waals surface area (Å²) in [6, 6.07) is 9.28. The number of hydrogen-bond acceptors (Lipinski definition) is 5. The lowest BCUT2D eigenvalue weighted by molar-refractivity contribution is -0.128. The highest BCUT2D eigenvalue weighted by atomic mass is 19.1. The number of carbonyl (C=O) groups is 2. The molecule has 1 atom stereocenters. The molecule has 2 heterocycles. The van der Waals surface area contributed by atoms with Gasteiger partial charge in [0.15, 0.2) is 0 Å². The number of rotatable bonds is 6. The van der Waals surface area contributed by atoms with Gasteiger partial charge in [0.05, 0.1) is 5.56 Å². The van der Waals surface area contributed by atoms with Crippen LogP contribution < -0.4 is 15.5 Å². The van der Waals surface area contributed by atoms with E-state index in [1.54, 1.807) is 12.1 Å². The minimum atomic E-state index is -0.734. The zero-order chi connectivity index (χ0) is 23.3. The molecule has 0 spiro atoms. The van der Waals surface area contributed by atoms with E-state index in [1.807, 2.05) is 19.9 Å². The van der Waals surface area contributed by atoms with Crippen molar-refractivity contribution in [3.8, 4) is 6.07 Å². The third-order valence-electron chi connectivity index (χ3n) is 5.63. The molecule has 0 radical (unpaired) electrons. The van der Waals surface area contributed by atoms with E-state index < -0.39 is 6.04 Å². The van der Waals surface area contributed by atoms with Gasteiger partial charge in [-0.3, -0.25) is 9.59 Å². The Balaban J connectivity index is 1.62. The van der Waals surface area contributed by atoms with Gasteiger partial charge in [-0.2, -0.15) is 5.26 Å². The fourth-order valence-corrected chi connectivity index (χ4v) is 4.03. The maximum absolute atomic E-state index is 13.2. The highest BCUT2D eigenvalue weighted by Crippen LogP contribution is 2.25. The number of nitrogens with zero attached hydrogens (tertiary/aromatic N) is 3. The first-order valence-electron chi connectivity index (χ1n) is 10.7. The number of pyridine rings is 1. The summed E-state index contributed by atoms with van der Waals surface area (Å²) in [4.78, 5) is 31.2. The van der Waals surface area contributed by atoms with Crippen molar-refractivity contribution in [1.29, 1.82) is 5.26 Å². The Hall–Kier alpha value is -3.47. The second-order valence-corrected chi connectivity index (χ2v) is 8.24. The van der Waals surface area contributed by atoms with E-state index in [0.717, 1.165) is 16.8 Å². The number of anilines is 1. The van der Waals surface area contributed by atoms with Crippen LogP contribution in [0, 0.1) is 31.0 Å². The highest BCUT2D eigenvalue weighted by molar-refractivity contribution is 5.87. The van der Waals surface area contributed by atoms with Crippen molar-refractivity contribution in [3.05, 3.63) is 58.5 Å². The first-order valence-corrected chi connectivity index (χ1v) is 10.7. The lowest BCUT2D eigenvalue weighted by Crippen LogP contribution is -2.52. The Morgan fingerprint density at radius 2 is 1.91 bits per heavy atom. The van der Waals surface area contributed by atoms with E-state index in [2.05, 4.69) is 26.6 Å². The van der Waals surface area contributed by atoms with Crippen molar-refractivity contribution in [3.63, 3.8) is 0 Å². The van der Waals surface area contributed by atoms with Gasteiger partial charge in [-0.05, 0) is 56.0 Å². The second-order valence-electron chi connectivity index (χ2n) is 8.24. The van der Waals surface area contributed by atoms with Crippen molar-refractivity contribution in [2.24, 2.45) is 0 Å². The summed E-state index contributed by atoms with van der Waals surface area (Å²) in [6.07, 6.45) is 1.69. The summed E-state index contributed by atoms with van der Waals surface area (Å²) >= 11 is 0. The monoisotopic (exact) mass is 437 g/mol. The molecule has 1 aromatic carbocycles. The van der Waals surface area contributed by atoms with Crippen molar-refractivity contribution in [2.75, 3.05) is 18.0 Å². The van der Waals surface area contributed by atoms with E-state index >= 15 is 0 Å². The van der Waals surface area contributed by atoms with E-state index in [1.165, 1.54) is 19.1 Å². The van der Waals surface area contributed by atoms with E-state index in [0.29, 0.717) is 37.3 Å². The quantitative estimate of drug-likeness (QED) is 0.724. The van der Waals surface area contributed by atoms with Crippen LogP contribution in [0.1, 0.15) is 42.1 Å². The Labute approximate surface area is 187 Å². The summed E-state index contributed by atoms with van der Waals surface area (Å²) in [6.45, 7) is 6.52. The van der Waals surface area contributed by atoms with Crippen LogP contribution in [0.4, 0.5) is 10.2 Å². The molecule has 168 valence electrons. The van der Waals surface area contributed by atoms with Crippen molar-refractivity contribution in [2.45, 2.75) is 52.1 Å². The number of hydrogen-bond donors (Lipinski definition) is 2. The van der Waals surface area contributed by atoms with Crippen molar-refractivity contribution >= 4 is 17.6 Å². The van der Waals surface area contributed by atoms with E-state index in [4.69, 9.17) is 0 Å².